The van der Waals surface area contributed by atoms with Crippen LogP contribution in [0.2, 0.25) is 0 Å². The summed E-state index contributed by atoms with van der Waals surface area (Å²) in [4.78, 5) is 50.1. The number of nitrogens with zero attached hydrogens (tertiary/aromatic N) is 1. The second-order valence-corrected chi connectivity index (χ2v) is 7.73. The number of fused-ring (bicyclic) bond motifs is 5. The Kier molecular flexibility index (Phi) is 4.45. The van der Waals surface area contributed by atoms with E-state index in [9.17, 15) is 19.2 Å². The van der Waals surface area contributed by atoms with Crippen molar-refractivity contribution in [2.24, 2.45) is 23.7 Å². The van der Waals surface area contributed by atoms with Crippen molar-refractivity contribution in [2.45, 2.75) is 26.2 Å². The quantitative estimate of drug-likeness (QED) is 0.626. The highest BCUT2D eigenvalue weighted by Gasteiger charge is 2.61. The summed E-state index contributed by atoms with van der Waals surface area (Å²) in [7, 11) is 0. The van der Waals surface area contributed by atoms with Crippen molar-refractivity contribution in [1.29, 1.82) is 0 Å². The lowest BCUT2D eigenvalue weighted by Crippen LogP contribution is -2.38. The van der Waals surface area contributed by atoms with Gasteiger partial charge in [-0.05, 0) is 55.7 Å². The van der Waals surface area contributed by atoms with Gasteiger partial charge < -0.3 is 10.1 Å². The summed E-state index contributed by atoms with van der Waals surface area (Å²) in [5, 5.41) is 2.64. The molecule has 2 aliphatic carbocycles. The Morgan fingerprint density at radius 2 is 1.81 bits per heavy atom. The molecule has 27 heavy (non-hydrogen) atoms. The summed E-state index contributed by atoms with van der Waals surface area (Å²) >= 11 is 0. The van der Waals surface area contributed by atoms with Crippen molar-refractivity contribution in [3.8, 4) is 0 Å². The first-order valence-corrected chi connectivity index (χ1v) is 9.31. The zero-order chi connectivity index (χ0) is 19.1. The average Bonchev–Trinajstić information content (AvgIpc) is 3.30. The van der Waals surface area contributed by atoms with Crippen LogP contribution in [0.4, 0.5) is 5.69 Å². The second-order valence-electron chi connectivity index (χ2n) is 7.73. The number of carbonyl (C=O) groups is 4. The summed E-state index contributed by atoms with van der Waals surface area (Å²) in [5.74, 6) is -1.68. The molecule has 1 saturated heterocycles. The van der Waals surface area contributed by atoms with Gasteiger partial charge in [-0.25, -0.2) is 0 Å². The Morgan fingerprint density at radius 3 is 2.44 bits per heavy atom. The van der Waals surface area contributed by atoms with E-state index in [1.807, 2.05) is 19.1 Å². The van der Waals surface area contributed by atoms with Crippen LogP contribution in [0.15, 0.2) is 24.3 Å². The van der Waals surface area contributed by atoms with Crippen LogP contribution in [0, 0.1) is 30.6 Å². The molecule has 4 rings (SSSR count). The molecule has 3 fully saturated rings. The maximum Gasteiger partial charge on any atom is 0.326 e. The highest BCUT2D eigenvalue weighted by atomic mass is 16.5. The number of rotatable bonds is 5. The zero-order valence-electron chi connectivity index (χ0n) is 15.1. The molecule has 2 bridgehead atoms. The minimum absolute atomic E-state index is 0.252. The van der Waals surface area contributed by atoms with Crippen molar-refractivity contribution in [3.05, 3.63) is 29.8 Å². The molecule has 1 aliphatic heterocycles. The van der Waals surface area contributed by atoms with Crippen molar-refractivity contribution >= 4 is 29.4 Å². The molecule has 3 amide bonds. The minimum atomic E-state index is -0.747. The summed E-state index contributed by atoms with van der Waals surface area (Å²) in [6.45, 7) is 1.03. The molecule has 0 radical (unpaired) electrons. The number of anilines is 1. The number of hydrogen-bond donors (Lipinski definition) is 1. The number of benzene rings is 1. The fraction of sp³-hybridized carbons (Fsp3) is 0.500. The standard InChI is InChI=1S/C20H22N2O5/c1-11-3-2-4-14(7-11)21-15(23)10-27-16(24)9-22-19(25)17-12-5-6-13(8-12)18(17)20(22)26/h2-4,7,12-13,17-18H,5-6,8-10H2,1H3,(H,21,23)/t12-,13+,17-,18+. The molecule has 7 nitrogen and oxygen atoms in total. The van der Waals surface area contributed by atoms with E-state index in [1.54, 1.807) is 12.1 Å². The maximum absolute atomic E-state index is 12.6. The van der Waals surface area contributed by atoms with Crippen LogP contribution in [0.1, 0.15) is 24.8 Å². The van der Waals surface area contributed by atoms with Crippen LogP contribution in [-0.2, 0) is 23.9 Å². The highest BCUT2D eigenvalue weighted by Crippen LogP contribution is 2.56. The fourth-order valence-corrected chi connectivity index (χ4v) is 4.87. The van der Waals surface area contributed by atoms with E-state index in [0.717, 1.165) is 29.7 Å². The lowest BCUT2D eigenvalue weighted by atomic mass is 9.81. The van der Waals surface area contributed by atoms with Crippen LogP contribution in [0.5, 0.6) is 0 Å². The number of carbonyl (C=O) groups excluding carboxylic acids is 4. The first-order valence-electron chi connectivity index (χ1n) is 9.31. The Balaban J connectivity index is 1.29. The molecule has 7 heteroatoms. The summed E-state index contributed by atoms with van der Waals surface area (Å²) in [5.41, 5.74) is 1.61. The normalized spacial score (nSPS) is 28.4. The van der Waals surface area contributed by atoms with E-state index in [1.165, 1.54) is 0 Å². The number of hydrogen-bond acceptors (Lipinski definition) is 5. The predicted molar refractivity (Wildman–Crippen MR) is 95.3 cm³/mol. The SMILES string of the molecule is Cc1cccc(NC(=O)COC(=O)CN2C(=O)[C@@H]3[C@@H]4CC[C@@H](C4)[C@@H]3C2=O)c1. The topological polar surface area (TPSA) is 92.8 Å². The van der Waals surface area contributed by atoms with Gasteiger partial charge in [-0.15, -0.1) is 0 Å². The molecule has 0 unspecified atom stereocenters. The molecule has 1 heterocycles. The number of esters is 1. The van der Waals surface area contributed by atoms with Gasteiger partial charge in [0.15, 0.2) is 6.61 Å². The molecule has 1 aromatic carbocycles. The molecule has 3 aliphatic rings. The van der Waals surface area contributed by atoms with Crippen molar-refractivity contribution in [2.75, 3.05) is 18.5 Å². The van der Waals surface area contributed by atoms with Crippen molar-refractivity contribution in [1.82, 2.24) is 4.90 Å². The maximum atomic E-state index is 12.6. The first-order chi connectivity index (χ1) is 12.9. The third kappa shape index (κ3) is 3.22. The Hall–Kier alpha value is -2.70. The molecule has 0 spiro atoms. The van der Waals surface area contributed by atoms with E-state index < -0.39 is 25.0 Å². The molecule has 1 aromatic rings. The Labute approximate surface area is 157 Å². The Morgan fingerprint density at radius 1 is 1.15 bits per heavy atom. The molecular formula is C20H22N2O5. The van der Waals surface area contributed by atoms with E-state index in [-0.39, 0.29) is 35.5 Å². The Bertz CT molecular complexity index is 792. The third-order valence-electron chi connectivity index (χ3n) is 5.97. The molecular weight excluding hydrogens is 348 g/mol. The number of imide groups is 1. The van der Waals surface area contributed by atoms with Gasteiger partial charge in [-0.2, -0.15) is 0 Å². The third-order valence-corrected chi connectivity index (χ3v) is 5.97. The van der Waals surface area contributed by atoms with Crippen LogP contribution in [0.25, 0.3) is 0 Å². The van der Waals surface area contributed by atoms with Gasteiger partial charge in [0, 0.05) is 5.69 Å². The summed E-state index contributed by atoms with van der Waals surface area (Å²) < 4.78 is 4.96. The molecule has 142 valence electrons. The number of ether oxygens (including phenoxy) is 1. The van der Waals surface area contributed by atoms with Gasteiger partial charge in [-0.3, -0.25) is 24.1 Å². The largest absolute Gasteiger partial charge is 0.454 e. The minimum Gasteiger partial charge on any atom is -0.454 e. The van der Waals surface area contributed by atoms with Gasteiger partial charge >= 0.3 is 5.97 Å². The van der Waals surface area contributed by atoms with Gasteiger partial charge in [0.1, 0.15) is 6.54 Å². The van der Waals surface area contributed by atoms with Gasteiger partial charge in [0.05, 0.1) is 11.8 Å². The first kappa shape index (κ1) is 17.7. The summed E-state index contributed by atoms with van der Waals surface area (Å²) in [6.07, 6.45) is 2.93. The molecule has 2 saturated carbocycles. The number of aryl methyl sites for hydroxylation is 1. The van der Waals surface area contributed by atoms with E-state index in [2.05, 4.69) is 5.32 Å². The van der Waals surface area contributed by atoms with Crippen LogP contribution in [-0.4, -0.2) is 41.7 Å². The van der Waals surface area contributed by atoms with Gasteiger partial charge in [0.2, 0.25) is 11.8 Å². The summed E-state index contributed by atoms with van der Waals surface area (Å²) in [6, 6.07) is 7.25. The number of amides is 3. The lowest BCUT2D eigenvalue weighted by Gasteiger charge is -2.19. The van der Waals surface area contributed by atoms with E-state index in [4.69, 9.17) is 4.74 Å². The molecule has 4 atom stereocenters. The molecule has 0 aromatic heterocycles. The second kappa shape index (κ2) is 6.79. The lowest BCUT2D eigenvalue weighted by molar-refractivity contribution is -0.154. The van der Waals surface area contributed by atoms with Gasteiger partial charge in [-0.1, -0.05) is 12.1 Å². The van der Waals surface area contributed by atoms with Crippen LogP contribution < -0.4 is 5.32 Å². The van der Waals surface area contributed by atoms with Gasteiger partial charge in [0.25, 0.3) is 5.91 Å². The fourth-order valence-electron chi connectivity index (χ4n) is 4.87. The molecule has 1 N–H and O–H groups in total. The monoisotopic (exact) mass is 370 g/mol. The van der Waals surface area contributed by atoms with Crippen LogP contribution >= 0.6 is 0 Å². The van der Waals surface area contributed by atoms with E-state index in [0.29, 0.717) is 5.69 Å². The number of likely N-dealkylation sites (tertiary alicyclic amines) is 1. The average molecular weight is 370 g/mol. The zero-order valence-corrected chi connectivity index (χ0v) is 15.1. The van der Waals surface area contributed by atoms with E-state index >= 15 is 0 Å². The highest BCUT2D eigenvalue weighted by molar-refractivity contribution is 6.07. The number of nitrogens with one attached hydrogen (secondary N) is 1. The van der Waals surface area contributed by atoms with Crippen molar-refractivity contribution < 1.29 is 23.9 Å². The van der Waals surface area contributed by atoms with Crippen molar-refractivity contribution in [3.63, 3.8) is 0 Å². The predicted octanol–water partition coefficient (Wildman–Crippen LogP) is 1.51. The smallest absolute Gasteiger partial charge is 0.326 e. The van der Waals surface area contributed by atoms with Crippen LogP contribution in [0.3, 0.4) is 0 Å².